The van der Waals surface area contributed by atoms with E-state index in [1.807, 2.05) is 31.2 Å². The van der Waals surface area contributed by atoms with Gasteiger partial charge >= 0.3 is 0 Å². The lowest BCUT2D eigenvalue weighted by molar-refractivity contribution is 0.253. The van der Waals surface area contributed by atoms with Crippen LogP contribution < -0.4 is 5.73 Å². The maximum absolute atomic E-state index is 8.95. The molecule has 0 amide bonds. The highest BCUT2D eigenvalue weighted by atomic mass is 16.3. The van der Waals surface area contributed by atoms with Gasteiger partial charge in [0.1, 0.15) is 11.3 Å². The molecule has 14 heavy (non-hydrogen) atoms. The molecule has 0 spiro atoms. The maximum Gasteiger partial charge on any atom is 0.134 e. The molecule has 0 fully saturated rings. The molecule has 3 N–H and O–H groups in total. The minimum atomic E-state index is -0.428. The van der Waals surface area contributed by atoms with Gasteiger partial charge in [0.25, 0.3) is 0 Å². The summed E-state index contributed by atoms with van der Waals surface area (Å²) in [5.41, 5.74) is 7.55. The van der Waals surface area contributed by atoms with E-state index in [4.69, 9.17) is 15.3 Å². The fraction of sp³-hybridized carbons (Fsp3) is 0.273. The first-order valence-electron chi connectivity index (χ1n) is 4.58. The molecule has 0 bridgehead atoms. The van der Waals surface area contributed by atoms with Gasteiger partial charge in [-0.05, 0) is 13.0 Å². The molecule has 1 aromatic heterocycles. The van der Waals surface area contributed by atoms with Crippen molar-refractivity contribution in [1.29, 1.82) is 0 Å². The predicted molar refractivity (Wildman–Crippen MR) is 55.0 cm³/mol. The molecule has 1 heterocycles. The minimum Gasteiger partial charge on any atom is -0.459 e. The number of hydrogen-bond acceptors (Lipinski definition) is 3. The Balaban J connectivity index is 2.62. The van der Waals surface area contributed by atoms with Gasteiger partial charge in [-0.2, -0.15) is 0 Å². The summed E-state index contributed by atoms with van der Waals surface area (Å²) in [6.45, 7) is 1.86. The Morgan fingerprint density at radius 2 is 2.14 bits per heavy atom. The van der Waals surface area contributed by atoms with E-state index in [0.717, 1.165) is 16.5 Å². The Morgan fingerprint density at radius 3 is 2.79 bits per heavy atom. The van der Waals surface area contributed by atoms with Crippen LogP contribution in [-0.2, 0) is 0 Å². The van der Waals surface area contributed by atoms with Crippen LogP contribution in [0.3, 0.4) is 0 Å². The summed E-state index contributed by atoms with van der Waals surface area (Å²) >= 11 is 0. The first-order valence-corrected chi connectivity index (χ1v) is 4.58. The number of aryl methyl sites for hydroxylation is 1. The van der Waals surface area contributed by atoms with Crippen LogP contribution in [0.1, 0.15) is 17.4 Å². The van der Waals surface area contributed by atoms with Crippen molar-refractivity contribution >= 4 is 11.0 Å². The average Bonchev–Trinajstić information content (AvgIpc) is 2.56. The first kappa shape index (κ1) is 9.24. The molecule has 0 aliphatic rings. The zero-order valence-electron chi connectivity index (χ0n) is 8.03. The average molecular weight is 191 g/mol. The lowest BCUT2D eigenvalue weighted by Crippen LogP contribution is -2.14. The second-order valence-corrected chi connectivity index (χ2v) is 3.38. The summed E-state index contributed by atoms with van der Waals surface area (Å²) in [6, 6.07) is 7.33. The first-order chi connectivity index (χ1) is 6.74. The normalized spacial score (nSPS) is 13.4. The van der Waals surface area contributed by atoms with Crippen LogP contribution in [-0.4, -0.2) is 11.7 Å². The molecule has 0 aliphatic carbocycles. The van der Waals surface area contributed by atoms with Crippen molar-refractivity contribution in [2.75, 3.05) is 6.61 Å². The van der Waals surface area contributed by atoms with Crippen LogP contribution in [0, 0.1) is 6.92 Å². The zero-order valence-corrected chi connectivity index (χ0v) is 8.03. The van der Waals surface area contributed by atoms with E-state index >= 15 is 0 Å². The van der Waals surface area contributed by atoms with Crippen molar-refractivity contribution in [1.82, 2.24) is 0 Å². The molecule has 0 saturated heterocycles. The fourth-order valence-corrected chi connectivity index (χ4v) is 1.63. The monoisotopic (exact) mass is 191 g/mol. The molecule has 0 radical (unpaired) electrons. The Hall–Kier alpha value is -1.32. The van der Waals surface area contributed by atoms with E-state index < -0.39 is 6.04 Å². The molecule has 1 aromatic carbocycles. The summed E-state index contributed by atoms with van der Waals surface area (Å²) in [5, 5.41) is 10.0. The highest BCUT2D eigenvalue weighted by Gasteiger charge is 2.15. The van der Waals surface area contributed by atoms with Crippen LogP contribution in [0.5, 0.6) is 0 Å². The van der Waals surface area contributed by atoms with E-state index in [1.165, 1.54) is 0 Å². The van der Waals surface area contributed by atoms with Crippen LogP contribution in [0.15, 0.2) is 28.7 Å². The van der Waals surface area contributed by atoms with Crippen molar-refractivity contribution in [3.05, 3.63) is 35.6 Å². The molecule has 1 atom stereocenters. The second-order valence-electron chi connectivity index (χ2n) is 3.38. The van der Waals surface area contributed by atoms with Gasteiger partial charge < -0.3 is 15.3 Å². The van der Waals surface area contributed by atoms with Crippen LogP contribution >= 0.6 is 0 Å². The third-order valence-corrected chi connectivity index (χ3v) is 2.41. The number of rotatable bonds is 2. The number of hydrogen-bond donors (Lipinski definition) is 2. The van der Waals surface area contributed by atoms with Gasteiger partial charge in [0.05, 0.1) is 12.6 Å². The lowest BCUT2D eigenvalue weighted by Gasteiger charge is -2.04. The summed E-state index contributed by atoms with van der Waals surface area (Å²) in [6.07, 6.45) is 0. The number of furan rings is 1. The summed E-state index contributed by atoms with van der Waals surface area (Å²) in [7, 11) is 0. The molecule has 0 saturated carbocycles. The number of aliphatic hydroxyl groups excluding tert-OH is 1. The van der Waals surface area contributed by atoms with Crippen LogP contribution in [0.2, 0.25) is 0 Å². The van der Waals surface area contributed by atoms with E-state index in [9.17, 15) is 0 Å². The molecular formula is C11H13NO2. The van der Waals surface area contributed by atoms with Gasteiger partial charge in [-0.15, -0.1) is 0 Å². The Labute approximate surface area is 82.1 Å². The van der Waals surface area contributed by atoms with Gasteiger partial charge in [-0.3, -0.25) is 0 Å². The number of benzene rings is 1. The van der Waals surface area contributed by atoms with Gasteiger partial charge in [0.2, 0.25) is 0 Å². The molecule has 3 nitrogen and oxygen atoms in total. The fourth-order valence-electron chi connectivity index (χ4n) is 1.63. The summed E-state index contributed by atoms with van der Waals surface area (Å²) in [5.74, 6) is 0.675. The van der Waals surface area contributed by atoms with Crippen LogP contribution in [0.25, 0.3) is 11.0 Å². The Bertz CT molecular complexity index is 447. The lowest BCUT2D eigenvalue weighted by atomic mass is 10.1. The van der Waals surface area contributed by atoms with Gasteiger partial charge in [0.15, 0.2) is 0 Å². The van der Waals surface area contributed by atoms with E-state index in [-0.39, 0.29) is 6.61 Å². The van der Waals surface area contributed by atoms with Crippen LogP contribution in [0.4, 0.5) is 0 Å². The predicted octanol–water partition coefficient (Wildman–Crippen LogP) is 1.73. The van der Waals surface area contributed by atoms with Crippen molar-refractivity contribution in [2.24, 2.45) is 5.73 Å². The largest absolute Gasteiger partial charge is 0.459 e. The molecule has 2 rings (SSSR count). The van der Waals surface area contributed by atoms with Crippen molar-refractivity contribution < 1.29 is 9.52 Å². The highest BCUT2D eigenvalue weighted by molar-refractivity contribution is 5.82. The SMILES string of the molecule is Cc1c(C(N)CO)oc2ccccc12. The number of para-hydroxylation sites is 1. The van der Waals surface area contributed by atoms with Gasteiger partial charge in [0, 0.05) is 10.9 Å². The quantitative estimate of drug-likeness (QED) is 0.760. The van der Waals surface area contributed by atoms with Crippen molar-refractivity contribution in [3.63, 3.8) is 0 Å². The standard InChI is InChI=1S/C11H13NO2/c1-7-8-4-2-3-5-10(8)14-11(7)9(12)6-13/h2-5,9,13H,6,12H2,1H3. The van der Waals surface area contributed by atoms with Crippen molar-refractivity contribution in [3.8, 4) is 0 Å². The smallest absolute Gasteiger partial charge is 0.134 e. The number of nitrogens with two attached hydrogens (primary N) is 1. The third kappa shape index (κ3) is 1.31. The van der Waals surface area contributed by atoms with Gasteiger partial charge in [-0.1, -0.05) is 18.2 Å². The zero-order chi connectivity index (χ0) is 10.1. The van der Waals surface area contributed by atoms with E-state index in [0.29, 0.717) is 5.76 Å². The number of fused-ring (bicyclic) bond motifs is 1. The number of aliphatic hydroxyl groups is 1. The summed E-state index contributed by atoms with van der Waals surface area (Å²) < 4.78 is 5.57. The molecule has 0 aliphatic heterocycles. The molecule has 2 aromatic rings. The van der Waals surface area contributed by atoms with E-state index in [1.54, 1.807) is 0 Å². The highest BCUT2D eigenvalue weighted by Crippen LogP contribution is 2.27. The topological polar surface area (TPSA) is 59.4 Å². The van der Waals surface area contributed by atoms with Crippen molar-refractivity contribution in [2.45, 2.75) is 13.0 Å². The molecule has 74 valence electrons. The minimum absolute atomic E-state index is 0.0966. The molecule has 3 heteroatoms. The molecular weight excluding hydrogens is 178 g/mol. The Morgan fingerprint density at radius 1 is 1.43 bits per heavy atom. The third-order valence-electron chi connectivity index (χ3n) is 2.41. The molecule has 1 unspecified atom stereocenters. The van der Waals surface area contributed by atoms with Gasteiger partial charge in [-0.25, -0.2) is 0 Å². The van der Waals surface area contributed by atoms with E-state index in [2.05, 4.69) is 0 Å². The second kappa shape index (κ2) is 3.44. The Kier molecular flexibility index (Phi) is 2.27. The maximum atomic E-state index is 8.95. The summed E-state index contributed by atoms with van der Waals surface area (Å²) in [4.78, 5) is 0.